The van der Waals surface area contributed by atoms with E-state index in [4.69, 9.17) is 9.15 Å². The fraction of sp³-hybridized carbons (Fsp3) is 0.500. The molecule has 1 amide bonds. The number of hydrogen-bond acceptors (Lipinski definition) is 5. The van der Waals surface area contributed by atoms with Crippen molar-refractivity contribution in [1.29, 1.82) is 0 Å². The van der Waals surface area contributed by atoms with Crippen molar-refractivity contribution >= 4 is 11.6 Å². The van der Waals surface area contributed by atoms with Gasteiger partial charge in [0.2, 0.25) is 0 Å². The van der Waals surface area contributed by atoms with Gasteiger partial charge in [0.1, 0.15) is 17.6 Å². The molecule has 2 aliphatic rings. The van der Waals surface area contributed by atoms with Crippen molar-refractivity contribution in [3.8, 4) is 0 Å². The lowest BCUT2D eigenvalue weighted by Crippen LogP contribution is -2.41. The molecule has 6 heteroatoms. The average Bonchev–Trinajstić information content (AvgIpc) is 3.22. The number of hydrogen-bond donors (Lipinski definition) is 1. The van der Waals surface area contributed by atoms with Crippen LogP contribution in [0.15, 0.2) is 34.9 Å². The Hall–Kier alpha value is -2.18. The second kappa shape index (κ2) is 7.21. The van der Waals surface area contributed by atoms with Crippen LogP contribution in [0.4, 0.5) is 5.69 Å². The number of piperidine rings is 1. The van der Waals surface area contributed by atoms with Gasteiger partial charge < -0.3 is 14.5 Å². The summed E-state index contributed by atoms with van der Waals surface area (Å²) in [5.41, 5.74) is 1.57. The molecule has 0 unspecified atom stereocenters. The number of nitrogens with one attached hydrogen (secondary N) is 1. The molecule has 26 heavy (non-hydrogen) atoms. The Morgan fingerprint density at radius 2 is 2.23 bits per heavy atom. The highest BCUT2D eigenvalue weighted by Gasteiger charge is 2.42. The minimum atomic E-state index is -0.379. The predicted molar refractivity (Wildman–Crippen MR) is 97.7 cm³/mol. The number of likely N-dealkylation sites (tertiary alicyclic amines) is 1. The second-order valence-electron chi connectivity index (χ2n) is 7.32. The highest BCUT2D eigenvalue weighted by atomic mass is 16.5. The van der Waals surface area contributed by atoms with Crippen molar-refractivity contribution < 1.29 is 13.9 Å². The number of aryl methyl sites for hydroxylation is 2. The molecule has 4 heterocycles. The number of nitrogens with zero attached hydrogens (tertiary/aromatic N) is 2. The first-order chi connectivity index (χ1) is 12.6. The Bertz CT molecular complexity index is 788. The van der Waals surface area contributed by atoms with E-state index in [2.05, 4.69) is 15.2 Å². The summed E-state index contributed by atoms with van der Waals surface area (Å²) in [6.07, 6.45) is 3.31. The minimum Gasteiger partial charge on any atom is -0.465 e. The first-order valence-corrected chi connectivity index (χ1v) is 9.24. The number of amides is 1. The van der Waals surface area contributed by atoms with E-state index in [1.54, 1.807) is 6.20 Å². The molecular formula is C20H25N3O3. The van der Waals surface area contributed by atoms with Crippen LogP contribution in [0, 0.1) is 19.8 Å². The molecule has 1 N–H and O–H groups in total. The van der Waals surface area contributed by atoms with E-state index < -0.39 is 0 Å². The van der Waals surface area contributed by atoms with Crippen LogP contribution >= 0.6 is 0 Å². The number of anilines is 1. The number of rotatable bonds is 4. The largest absolute Gasteiger partial charge is 0.465 e. The molecule has 138 valence electrons. The van der Waals surface area contributed by atoms with Gasteiger partial charge >= 0.3 is 0 Å². The van der Waals surface area contributed by atoms with Gasteiger partial charge in [-0.15, -0.1) is 0 Å². The molecule has 0 bridgehead atoms. The van der Waals surface area contributed by atoms with Crippen LogP contribution in [0.3, 0.4) is 0 Å². The number of carbonyl (C=O) groups is 1. The smallest absolute Gasteiger partial charge is 0.253 e. The maximum absolute atomic E-state index is 12.6. The van der Waals surface area contributed by atoms with E-state index in [0.29, 0.717) is 5.92 Å². The second-order valence-corrected chi connectivity index (χ2v) is 7.32. The summed E-state index contributed by atoms with van der Waals surface area (Å²) in [5.74, 6) is 2.31. The van der Waals surface area contributed by atoms with E-state index in [9.17, 15) is 4.79 Å². The maximum atomic E-state index is 12.6. The summed E-state index contributed by atoms with van der Waals surface area (Å²) >= 11 is 0. The number of carbonyl (C=O) groups excluding carboxylic acids is 1. The van der Waals surface area contributed by atoms with E-state index >= 15 is 0 Å². The summed E-state index contributed by atoms with van der Waals surface area (Å²) in [6, 6.07) is 7.72. The molecule has 4 rings (SSSR count). The number of fused-ring (bicyclic) bond motifs is 1. The van der Waals surface area contributed by atoms with Gasteiger partial charge in [-0.1, -0.05) is 0 Å². The summed E-state index contributed by atoms with van der Waals surface area (Å²) in [5, 5.41) is 2.96. The third-order valence-electron chi connectivity index (χ3n) is 5.37. The molecule has 2 fully saturated rings. The van der Waals surface area contributed by atoms with Crippen molar-refractivity contribution in [2.24, 2.45) is 5.92 Å². The normalized spacial score (nSPS) is 25.8. The standard InChI is InChI=1S/C20H25N3O3/c1-13-5-6-16(25-13)11-23-9-7-15-10-18(26-19(15)12-23)20(24)22-17-4-3-8-21-14(17)2/h3-6,8,15,18-19H,7,9-12H2,1-2H3,(H,22,24)/t15-,18+,19-/m0/s1. The summed E-state index contributed by atoms with van der Waals surface area (Å²) in [4.78, 5) is 19.2. The van der Waals surface area contributed by atoms with Crippen LogP contribution < -0.4 is 5.32 Å². The molecule has 0 saturated carbocycles. The SMILES string of the molecule is Cc1ccc(CN2CC[C@H]3C[C@H](C(=O)Nc4cccnc4C)O[C@H]3C2)o1. The zero-order chi connectivity index (χ0) is 18.1. The van der Waals surface area contributed by atoms with E-state index in [1.165, 1.54) is 0 Å². The van der Waals surface area contributed by atoms with Crippen LogP contribution in [0.25, 0.3) is 0 Å². The summed E-state index contributed by atoms with van der Waals surface area (Å²) < 4.78 is 11.8. The molecule has 0 aromatic carbocycles. The third kappa shape index (κ3) is 3.66. The van der Waals surface area contributed by atoms with Crippen molar-refractivity contribution in [2.75, 3.05) is 18.4 Å². The van der Waals surface area contributed by atoms with Gasteiger partial charge in [-0.3, -0.25) is 14.7 Å². The Kier molecular flexibility index (Phi) is 4.78. The van der Waals surface area contributed by atoms with E-state index in [0.717, 1.165) is 55.4 Å². The zero-order valence-electron chi connectivity index (χ0n) is 15.3. The molecule has 0 aliphatic carbocycles. The van der Waals surface area contributed by atoms with Crippen molar-refractivity contribution in [2.45, 2.75) is 45.4 Å². The van der Waals surface area contributed by atoms with Crippen LogP contribution in [0.5, 0.6) is 0 Å². The number of furan rings is 1. The number of pyridine rings is 1. The highest BCUT2D eigenvalue weighted by Crippen LogP contribution is 2.34. The first-order valence-electron chi connectivity index (χ1n) is 9.24. The molecule has 3 atom stereocenters. The monoisotopic (exact) mass is 355 g/mol. The highest BCUT2D eigenvalue weighted by molar-refractivity contribution is 5.94. The van der Waals surface area contributed by atoms with Gasteiger partial charge in [-0.2, -0.15) is 0 Å². The van der Waals surface area contributed by atoms with Crippen LogP contribution in [-0.4, -0.2) is 41.1 Å². The van der Waals surface area contributed by atoms with Gasteiger partial charge in [0, 0.05) is 12.7 Å². The van der Waals surface area contributed by atoms with Gasteiger partial charge in [-0.25, -0.2) is 0 Å². The van der Waals surface area contributed by atoms with Gasteiger partial charge in [0.15, 0.2) is 0 Å². The lowest BCUT2D eigenvalue weighted by Gasteiger charge is -2.33. The Labute approximate surface area is 153 Å². The van der Waals surface area contributed by atoms with Gasteiger partial charge in [0.25, 0.3) is 5.91 Å². The third-order valence-corrected chi connectivity index (χ3v) is 5.37. The molecule has 2 aromatic rings. The van der Waals surface area contributed by atoms with Crippen LogP contribution in [0.2, 0.25) is 0 Å². The molecule has 0 spiro atoms. The summed E-state index contributed by atoms with van der Waals surface area (Å²) in [7, 11) is 0. The number of ether oxygens (including phenoxy) is 1. The lowest BCUT2D eigenvalue weighted by molar-refractivity contribution is -0.127. The predicted octanol–water partition coefficient (Wildman–Crippen LogP) is 2.91. The minimum absolute atomic E-state index is 0.0660. The van der Waals surface area contributed by atoms with Crippen LogP contribution in [0.1, 0.15) is 30.1 Å². The quantitative estimate of drug-likeness (QED) is 0.913. The molecule has 2 aliphatic heterocycles. The molecule has 2 aromatic heterocycles. The number of aromatic nitrogens is 1. The van der Waals surface area contributed by atoms with Crippen molar-refractivity contribution in [1.82, 2.24) is 9.88 Å². The van der Waals surface area contributed by atoms with Gasteiger partial charge in [0.05, 0.1) is 24.0 Å². The summed E-state index contributed by atoms with van der Waals surface area (Å²) in [6.45, 7) is 6.51. The fourth-order valence-electron chi connectivity index (χ4n) is 3.93. The topological polar surface area (TPSA) is 67.6 Å². The Balaban J connectivity index is 1.34. The van der Waals surface area contributed by atoms with Gasteiger partial charge in [-0.05, 0) is 63.4 Å². The Morgan fingerprint density at radius 1 is 1.35 bits per heavy atom. The first kappa shape index (κ1) is 17.2. The average molecular weight is 355 g/mol. The molecular weight excluding hydrogens is 330 g/mol. The van der Waals surface area contributed by atoms with Crippen molar-refractivity contribution in [3.63, 3.8) is 0 Å². The van der Waals surface area contributed by atoms with Crippen molar-refractivity contribution in [3.05, 3.63) is 47.7 Å². The Morgan fingerprint density at radius 3 is 3.00 bits per heavy atom. The van der Waals surface area contributed by atoms with Crippen LogP contribution in [-0.2, 0) is 16.1 Å². The molecule has 2 saturated heterocycles. The maximum Gasteiger partial charge on any atom is 0.253 e. The lowest BCUT2D eigenvalue weighted by atomic mass is 9.91. The molecule has 0 radical (unpaired) electrons. The van der Waals surface area contributed by atoms with E-state index in [1.807, 2.05) is 38.1 Å². The zero-order valence-corrected chi connectivity index (χ0v) is 15.3. The van der Waals surface area contributed by atoms with E-state index in [-0.39, 0.29) is 18.1 Å². The molecule has 6 nitrogen and oxygen atoms in total. The fourth-order valence-corrected chi connectivity index (χ4v) is 3.93.